The molecule has 1 saturated heterocycles. The van der Waals surface area contributed by atoms with Gasteiger partial charge in [-0.1, -0.05) is 0 Å². The monoisotopic (exact) mass is 382 g/mol. The number of carbonyl (C=O) groups is 3. The lowest BCUT2D eigenvalue weighted by Gasteiger charge is -2.43. The van der Waals surface area contributed by atoms with Crippen LogP contribution in [0.5, 0.6) is 0 Å². The SMILES string of the molecule is CC(=O)NC[C@H]1O[C@@H](O)[C@@H](NC(C)=O)[C@@H](OS(C)(=O)=O)[C@@H]1OC(C)=O. The fraction of sp³-hybridized carbons (Fsp3) is 0.769. The van der Waals surface area contributed by atoms with Gasteiger partial charge in [-0.15, -0.1) is 0 Å². The lowest BCUT2D eigenvalue weighted by molar-refractivity contribution is -0.246. The highest BCUT2D eigenvalue weighted by Crippen LogP contribution is 2.26. The molecule has 0 bridgehead atoms. The van der Waals surface area contributed by atoms with Crippen LogP contribution >= 0.6 is 0 Å². The standard InChI is InChI=1S/C13H22N2O9S/c1-6(16)14-5-9-11(22-8(3)18)12(24-25(4,20)21)10(13(19)23-9)15-7(2)17/h9-13,19H,5H2,1-4H3,(H,14,16)(H,15,17)/t9-,10+,11-,12-,13-/m1/s1. The van der Waals surface area contributed by atoms with Gasteiger partial charge in [-0.05, 0) is 0 Å². The van der Waals surface area contributed by atoms with E-state index in [2.05, 4.69) is 10.6 Å². The Labute approximate surface area is 145 Å². The third-order valence-electron chi connectivity index (χ3n) is 3.18. The van der Waals surface area contributed by atoms with Gasteiger partial charge < -0.3 is 25.2 Å². The summed E-state index contributed by atoms with van der Waals surface area (Å²) < 4.78 is 38.5. The molecule has 0 unspecified atom stereocenters. The maximum atomic E-state index is 11.6. The van der Waals surface area contributed by atoms with Crippen LogP contribution in [0.2, 0.25) is 0 Å². The first-order chi connectivity index (χ1) is 11.4. The lowest BCUT2D eigenvalue weighted by Crippen LogP contribution is -2.66. The smallest absolute Gasteiger partial charge is 0.303 e. The lowest BCUT2D eigenvalue weighted by atomic mass is 9.96. The number of esters is 1. The maximum Gasteiger partial charge on any atom is 0.303 e. The zero-order valence-corrected chi connectivity index (χ0v) is 15.0. The summed E-state index contributed by atoms with van der Waals surface area (Å²) in [6, 6.07) is -1.31. The number of hydrogen-bond donors (Lipinski definition) is 3. The van der Waals surface area contributed by atoms with Crippen LogP contribution in [-0.4, -0.2) is 74.8 Å². The largest absolute Gasteiger partial charge is 0.457 e. The van der Waals surface area contributed by atoms with Crippen molar-refractivity contribution in [2.45, 2.75) is 51.4 Å². The number of hydrogen-bond acceptors (Lipinski definition) is 9. The molecule has 0 radical (unpaired) electrons. The fourth-order valence-electron chi connectivity index (χ4n) is 2.37. The van der Waals surface area contributed by atoms with Crippen LogP contribution in [0, 0.1) is 0 Å². The first-order valence-corrected chi connectivity index (χ1v) is 9.13. The van der Waals surface area contributed by atoms with E-state index in [0.717, 1.165) is 20.1 Å². The highest BCUT2D eigenvalue weighted by Gasteiger charge is 2.50. The second-order valence-electron chi connectivity index (χ2n) is 5.57. The van der Waals surface area contributed by atoms with Gasteiger partial charge in [-0.2, -0.15) is 8.42 Å². The van der Waals surface area contributed by atoms with Crippen molar-refractivity contribution in [2.75, 3.05) is 12.8 Å². The van der Waals surface area contributed by atoms with Crippen molar-refractivity contribution in [2.24, 2.45) is 0 Å². The normalized spacial score (nSPS) is 29.6. The maximum absolute atomic E-state index is 11.6. The molecule has 0 aromatic rings. The molecular weight excluding hydrogens is 360 g/mol. The summed E-state index contributed by atoms with van der Waals surface area (Å²) in [5.41, 5.74) is 0. The quantitative estimate of drug-likeness (QED) is 0.337. The molecule has 0 aromatic carbocycles. The summed E-state index contributed by atoms with van der Waals surface area (Å²) in [6.07, 6.45) is -4.74. The van der Waals surface area contributed by atoms with Crippen molar-refractivity contribution in [3.8, 4) is 0 Å². The van der Waals surface area contributed by atoms with Crippen LogP contribution in [0.3, 0.4) is 0 Å². The summed E-state index contributed by atoms with van der Waals surface area (Å²) >= 11 is 0. The Morgan fingerprint density at radius 2 is 1.72 bits per heavy atom. The van der Waals surface area contributed by atoms with Crippen molar-refractivity contribution in [1.29, 1.82) is 0 Å². The molecule has 0 aromatic heterocycles. The molecule has 11 nitrogen and oxygen atoms in total. The van der Waals surface area contributed by atoms with E-state index in [-0.39, 0.29) is 6.54 Å². The summed E-state index contributed by atoms with van der Waals surface area (Å²) in [5, 5.41) is 14.8. The highest BCUT2D eigenvalue weighted by molar-refractivity contribution is 7.86. The van der Waals surface area contributed by atoms with Crippen LogP contribution in [0.15, 0.2) is 0 Å². The summed E-state index contributed by atoms with van der Waals surface area (Å²) in [6.45, 7) is 3.30. The van der Waals surface area contributed by atoms with Crippen LogP contribution in [0.4, 0.5) is 0 Å². The third-order valence-corrected chi connectivity index (χ3v) is 3.75. The van der Waals surface area contributed by atoms with E-state index >= 15 is 0 Å². The van der Waals surface area contributed by atoms with E-state index in [1.54, 1.807) is 0 Å². The molecule has 2 amide bonds. The Bertz CT molecular complexity index is 621. The molecule has 5 atom stereocenters. The van der Waals surface area contributed by atoms with Gasteiger partial charge in [0.25, 0.3) is 10.1 Å². The molecular formula is C13H22N2O9S. The van der Waals surface area contributed by atoms with Gasteiger partial charge >= 0.3 is 5.97 Å². The first kappa shape index (κ1) is 21.3. The second-order valence-corrected chi connectivity index (χ2v) is 7.17. The Morgan fingerprint density at radius 3 is 2.16 bits per heavy atom. The van der Waals surface area contributed by atoms with Crippen LogP contribution in [0.25, 0.3) is 0 Å². The molecule has 0 spiro atoms. The number of carbonyl (C=O) groups excluding carboxylic acids is 3. The van der Waals surface area contributed by atoms with Gasteiger partial charge in [-0.3, -0.25) is 18.6 Å². The minimum Gasteiger partial charge on any atom is -0.457 e. The minimum absolute atomic E-state index is 0.180. The number of rotatable bonds is 6. The van der Waals surface area contributed by atoms with Gasteiger partial charge in [0.05, 0.1) is 6.26 Å². The Hall–Kier alpha value is -1.76. The van der Waals surface area contributed by atoms with Crippen LogP contribution < -0.4 is 10.6 Å². The predicted molar refractivity (Wildman–Crippen MR) is 82.4 cm³/mol. The van der Waals surface area contributed by atoms with Crippen molar-refractivity contribution in [3.63, 3.8) is 0 Å². The average molecular weight is 382 g/mol. The number of amides is 2. The van der Waals surface area contributed by atoms with E-state index in [1.807, 2.05) is 0 Å². The van der Waals surface area contributed by atoms with Crippen molar-refractivity contribution in [1.82, 2.24) is 10.6 Å². The summed E-state index contributed by atoms with van der Waals surface area (Å²) in [7, 11) is -4.04. The highest BCUT2D eigenvalue weighted by atomic mass is 32.2. The van der Waals surface area contributed by atoms with E-state index < -0.39 is 58.5 Å². The molecule has 1 aliphatic heterocycles. The topological polar surface area (TPSA) is 157 Å². The molecule has 3 N–H and O–H groups in total. The van der Waals surface area contributed by atoms with E-state index in [9.17, 15) is 27.9 Å². The first-order valence-electron chi connectivity index (χ1n) is 7.31. The van der Waals surface area contributed by atoms with E-state index in [1.165, 1.54) is 6.92 Å². The molecule has 1 rings (SSSR count). The van der Waals surface area contributed by atoms with Crippen molar-refractivity contribution in [3.05, 3.63) is 0 Å². The number of ether oxygens (including phenoxy) is 2. The minimum atomic E-state index is -4.04. The van der Waals surface area contributed by atoms with Crippen LogP contribution in [0.1, 0.15) is 20.8 Å². The average Bonchev–Trinajstić information content (AvgIpc) is 2.41. The van der Waals surface area contributed by atoms with Gasteiger partial charge in [0.15, 0.2) is 12.4 Å². The Kier molecular flexibility index (Phi) is 7.29. The molecule has 1 heterocycles. The van der Waals surface area contributed by atoms with Gasteiger partial charge in [0.1, 0.15) is 18.2 Å². The molecule has 144 valence electrons. The molecule has 1 aliphatic rings. The summed E-state index contributed by atoms with van der Waals surface area (Å²) in [4.78, 5) is 33.8. The molecule has 1 fully saturated rings. The van der Waals surface area contributed by atoms with Crippen molar-refractivity contribution < 1.29 is 41.6 Å². The summed E-state index contributed by atoms with van der Waals surface area (Å²) in [5.74, 6) is -1.76. The Morgan fingerprint density at radius 1 is 1.12 bits per heavy atom. The zero-order chi connectivity index (χ0) is 19.4. The van der Waals surface area contributed by atoms with E-state index in [4.69, 9.17) is 13.7 Å². The number of nitrogens with one attached hydrogen (secondary N) is 2. The zero-order valence-electron chi connectivity index (χ0n) is 14.2. The van der Waals surface area contributed by atoms with Gasteiger partial charge in [0, 0.05) is 27.3 Å². The van der Waals surface area contributed by atoms with Gasteiger partial charge in [-0.25, -0.2) is 0 Å². The van der Waals surface area contributed by atoms with Gasteiger partial charge in [0.2, 0.25) is 11.8 Å². The molecule has 0 aliphatic carbocycles. The number of aliphatic hydroxyl groups is 1. The Balaban J connectivity index is 3.20. The number of aliphatic hydroxyl groups excluding tert-OH is 1. The van der Waals surface area contributed by atoms with E-state index in [0.29, 0.717) is 0 Å². The molecule has 25 heavy (non-hydrogen) atoms. The van der Waals surface area contributed by atoms with Crippen molar-refractivity contribution >= 4 is 27.9 Å². The third kappa shape index (κ3) is 6.94. The van der Waals surface area contributed by atoms with Crippen LogP contribution in [-0.2, 0) is 38.2 Å². The fourth-order valence-corrected chi connectivity index (χ4v) is 3.00. The second kappa shape index (κ2) is 8.56. The molecule has 0 saturated carbocycles. The molecule has 12 heteroatoms. The predicted octanol–water partition coefficient (Wildman–Crippen LogP) is -2.38.